The minimum absolute atomic E-state index is 0.0384. The molecule has 386 valence electrons. The van der Waals surface area contributed by atoms with Gasteiger partial charge in [-0.2, -0.15) is 0 Å². The van der Waals surface area contributed by atoms with Crippen LogP contribution in [0.15, 0.2) is 212 Å². The van der Waals surface area contributed by atoms with E-state index in [0.717, 1.165) is 22.3 Å². The zero-order valence-electron chi connectivity index (χ0n) is 41.0. The van der Waals surface area contributed by atoms with E-state index in [1.807, 2.05) is 121 Å². The van der Waals surface area contributed by atoms with E-state index < -0.39 is 85.9 Å². The summed E-state index contributed by atoms with van der Waals surface area (Å²) in [4.78, 5) is 41.5. The van der Waals surface area contributed by atoms with Gasteiger partial charge in [0.05, 0.1) is 49.7 Å². The summed E-state index contributed by atoms with van der Waals surface area (Å²) in [6.07, 6.45) is -13.6. The zero-order chi connectivity index (χ0) is 51.6. The lowest BCUT2D eigenvalue weighted by molar-refractivity contribution is -0.375. The second kappa shape index (κ2) is 26.7. The minimum atomic E-state index is -1.84. The SMILES string of the molecule is O=C(OC[C@H]1O[C@H](O[C@@H]2[C@@H](OCc3ccccc3)O[C@H](COCc3ccccc3)[C@@H](OCc3ccccc3)[C@@H]2OCc2ccccc2)[C@@H](OC(=O)c2ccccc2)[C@@H](O)[C@@H]1OC(=O)c1ccccc1)c1ccccc1. The van der Waals surface area contributed by atoms with Crippen molar-refractivity contribution in [2.24, 2.45) is 0 Å². The van der Waals surface area contributed by atoms with Crippen LogP contribution < -0.4 is 0 Å². The summed E-state index contributed by atoms with van der Waals surface area (Å²) in [6, 6.07) is 63.1. The molecule has 2 aliphatic rings. The lowest BCUT2D eigenvalue weighted by Crippen LogP contribution is -2.66. The summed E-state index contributed by atoms with van der Waals surface area (Å²) in [6.45, 7) is 0.0400. The molecule has 2 saturated heterocycles. The maximum absolute atomic E-state index is 14.1. The van der Waals surface area contributed by atoms with Crippen molar-refractivity contribution in [1.82, 2.24) is 0 Å². The number of aliphatic hydroxyl groups is 1. The molecule has 2 heterocycles. The van der Waals surface area contributed by atoms with E-state index in [1.54, 1.807) is 91.0 Å². The van der Waals surface area contributed by atoms with Crippen LogP contribution in [-0.4, -0.2) is 97.6 Å². The summed E-state index contributed by atoms with van der Waals surface area (Å²) in [5, 5.41) is 12.6. The molecule has 75 heavy (non-hydrogen) atoms. The molecule has 0 aliphatic carbocycles. The molecule has 7 aromatic rings. The van der Waals surface area contributed by atoms with Crippen LogP contribution in [0.4, 0.5) is 0 Å². The van der Waals surface area contributed by atoms with Crippen LogP contribution >= 0.6 is 0 Å². The second-order valence-corrected chi connectivity index (χ2v) is 17.9. The molecule has 14 heteroatoms. The lowest BCUT2D eigenvalue weighted by Gasteiger charge is -2.49. The molecule has 10 atom stereocenters. The van der Waals surface area contributed by atoms with E-state index in [1.165, 1.54) is 0 Å². The largest absolute Gasteiger partial charge is 0.459 e. The fourth-order valence-corrected chi connectivity index (χ4v) is 8.75. The first-order chi connectivity index (χ1) is 36.9. The molecule has 0 aromatic heterocycles. The fraction of sp³-hybridized carbons (Fsp3) is 0.262. The number of ether oxygens (including phenoxy) is 10. The molecule has 0 amide bonds. The Morgan fingerprint density at radius 1 is 0.373 bits per heavy atom. The Bertz CT molecular complexity index is 2810. The quantitative estimate of drug-likeness (QED) is 0.0505. The van der Waals surface area contributed by atoms with Crippen molar-refractivity contribution >= 4 is 17.9 Å². The van der Waals surface area contributed by atoms with E-state index in [2.05, 4.69) is 0 Å². The van der Waals surface area contributed by atoms with Gasteiger partial charge in [-0.3, -0.25) is 0 Å². The van der Waals surface area contributed by atoms with Gasteiger partial charge in [0.2, 0.25) is 0 Å². The van der Waals surface area contributed by atoms with Crippen molar-refractivity contribution in [3.05, 3.63) is 251 Å². The zero-order valence-corrected chi connectivity index (χ0v) is 41.0. The molecule has 0 saturated carbocycles. The number of benzene rings is 7. The summed E-state index contributed by atoms with van der Waals surface area (Å²) >= 11 is 0. The van der Waals surface area contributed by atoms with E-state index in [-0.39, 0.29) is 49.7 Å². The van der Waals surface area contributed by atoms with Crippen molar-refractivity contribution in [3.63, 3.8) is 0 Å². The topological polar surface area (TPSA) is 164 Å². The molecule has 2 fully saturated rings. The average Bonchev–Trinajstić information content (AvgIpc) is 3.46. The van der Waals surface area contributed by atoms with Gasteiger partial charge in [0.1, 0.15) is 43.2 Å². The van der Waals surface area contributed by atoms with Gasteiger partial charge in [0.15, 0.2) is 24.8 Å². The first-order valence-corrected chi connectivity index (χ1v) is 24.8. The Kier molecular flexibility index (Phi) is 18.7. The van der Waals surface area contributed by atoms with Crippen LogP contribution in [0.2, 0.25) is 0 Å². The molecule has 0 unspecified atom stereocenters. The summed E-state index contributed by atoms with van der Waals surface area (Å²) < 4.78 is 65.6. The van der Waals surface area contributed by atoms with Gasteiger partial charge in [0, 0.05) is 0 Å². The second-order valence-electron chi connectivity index (χ2n) is 17.9. The maximum atomic E-state index is 14.1. The predicted molar refractivity (Wildman–Crippen MR) is 274 cm³/mol. The third-order valence-corrected chi connectivity index (χ3v) is 12.6. The predicted octanol–water partition coefficient (Wildman–Crippen LogP) is 9.09. The Hall–Kier alpha value is -7.37. The first-order valence-electron chi connectivity index (χ1n) is 24.8. The summed E-state index contributed by atoms with van der Waals surface area (Å²) in [7, 11) is 0. The standard InChI is InChI=1S/C61H58O14/c62-51-52(73-58(64)47-32-18-6-19-33-47)50(41-69-57(63)46-30-16-5-17-31-46)72-61(54(51)74-59(65)48-34-20-7-21-35-48)75-56-55(68-38-44-26-12-3-13-27-44)53(67-37-43-24-10-2-11-25-43)49(40-66-36-42-22-8-1-9-23-42)71-60(56)70-39-45-28-14-4-15-29-45/h1-35,49-56,60-62H,36-41H2/t49-,50-,51+,52-,53-,54+,55+,56+,60+,61-/m1/s1. The number of hydrogen-bond donors (Lipinski definition) is 1. The first kappa shape index (κ1) is 52.5. The minimum Gasteiger partial charge on any atom is -0.459 e. The van der Waals surface area contributed by atoms with Gasteiger partial charge in [-0.15, -0.1) is 0 Å². The smallest absolute Gasteiger partial charge is 0.338 e. The Morgan fingerprint density at radius 2 is 0.747 bits per heavy atom. The third-order valence-electron chi connectivity index (χ3n) is 12.6. The highest BCUT2D eigenvalue weighted by atomic mass is 16.8. The van der Waals surface area contributed by atoms with Crippen molar-refractivity contribution in [1.29, 1.82) is 0 Å². The van der Waals surface area contributed by atoms with Crippen LogP contribution in [0.3, 0.4) is 0 Å². The molecule has 7 aromatic carbocycles. The highest BCUT2D eigenvalue weighted by Crippen LogP contribution is 2.36. The molecule has 2 aliphatic heterocycles. The van der Waals surface area contributed by atoms with E-state index in [0.29, 0.717) is 0 Å². The Labute approximate surface area is 435 Å². The lowest BCUT2D eigenvalue weighted by atomic mass is 9.96. The normalized spacial score (nSPS) is 23.4. The number of rotatable bonds is 22. The molecule has 1 N–H and O–H groups in total. The van der Waals surface area contributed by atoms with Crippen LogP contribution in [0.5, 0.6) is 0 Å². The fourth-order valence-electron chi connectivity index (χ4n) is 8.75. The monoisotopic (exact) mass is 1010 g/mol. The van der Waals surface area contributed by atoms with Gasteiger partial charge < -0.3 is 52.5 Å². The van der Waals surface area contributed by atoms with Gasteiger partial charge in [-0.05, 0) is 58.7 Å². The number of carbonyl (C=O) groups excluding carboxylic acids is 3. The van der Waals surface area contributed by atoms with Gasteiger partial charge in [-0.1, -0.05) is 176 Å². The number of hydrogen-bond acceptors (Lipinski definition) is 14. The number of carbonyl (C=O) groups is 3. The van der Waals surface area contributed by atoms with Crippen LogP contribution in [0, 0.1) is 0 Å². The molecule has 0 spiro atoms. The van der Waals surface area contributed by atoms with E-state index in [4.69, 9.17) is 47.4 Å². The van der Waals surface area contributed by atoms with Gasteiger partial charge in [0.25, 0.3) is 0 Å². The van der Waals surface area contributed by atoms with Crippen LogP contribution in [-0.2, 0) is 73.8 Å². The molecule has 14 nitrogen and oxygen atoms in total. The van der Waals surface area contributed by atoms with Crippen LogP contribution in [0.1, 0.15) is 53.3 Å². The molecule has 0 bridgehead atoms. The summed E-state index contributed by atoms with van der Waals surface area (Å²) in [5.41, 5.74) is 4.05. The molecule has 0 radical (unpaired) electrons. The van der Waals surface area contributed by atoms with E-state index in [9.17, 15) is 19.5 Å². The third kappa shape index (κ3) is 14.5. The van der Waals surface area contributed by atoms with Gasteiger partial charge in [-0.25, -0.2) is 14.4 Å². The van der Waals surface area contributed by atoms with E-state index >= 15 is 0 Å². The highest BCUT2D eigenvalue weighted by molar-refractivity contribution is 5.90. The van der Waals surface area contributed by atoms with Crippen molar-refractivity contribution in [2.45, 2.75) is 87.8 Å². The molecular weight excluding hydrogens is 957 g/mol. The van der Waals surface area contributed by atoms with Gasteiger partial charge >= 0.3 is 17.9 Å². The number of esters is 3. The van der Waals surface area contributed by atoms with Crippen molar-refractivity contribution in [3.8, 4) is 0 Å². The van der Waals surface area contributed by atoms with Crippen LogP contribution in [0.25, 0.3) is 0 Å². The van der Waals surface area contributed by atoms with Crippen molar-refractivity contribution < 1.29 is 66.9 Å². The Balaban J connectivity index is 1.11. The molecule has 9 rings (SSSR count). The van der Waals surface area contributed by atoms with Crippen molar-refractivity contribution in [2.75, 3.05) is 13.2 Å². The summed E-state index contributed by atoms with van der Waals surface area (Å²) in [5.74, 6) is -2.37. The number of aliphatic hydroxyl groups excluding tert-OH is 1. The average molecular weight is 1020 g/mol. The Morgan fingerprint density at radius 3 is 1.23 bits per heavy atom. The maximum Gasteiger partial charge on any atom is 0.338 e. The molecular formula is C61H58O14. The highest BCUT2D eigenvalue weighted by Gasteiger charge is 2.55.